The number of anilines is 2. The van der Waals surface area contributed by atoms with Crippen LogP contribution in [0.4, 0.5) is 15.8 Å². The second kappa shape index (κ2) is 8.60. The van der Waals surface area contributed by atoms with Crippen LogP contribution in [-0.4, -0.2) is 31.5 Å². The molecule has 0 aliphatic rings. The number of rotatable bonds is 7. The number of fused-ring (bicyclic) bond motifs is 1. The summed E-state index contributed by atoms with van der Waals surface area (Å²) < 4.78 is 47.6. The van der Waals surface area contributed by atoms with Crippen LogP contribution in [0, 0.1) is 12.9 Å². The molecule has 2 aromatic carbocycles. The fourth-order valence-corrected chi connectivity index (χ4v) is 4.94. The van der Waals surface area contributed by atoms with Gasteiger partial charge in [-0.1, -0.05) is 12.1 Å². The molecule has 0 radical (unpaired) electrons. The summed E-state index contributed by atoms with van der Waals surface area (Å²) in [5, 5.41) is 6.83. The first kappa shape index (κ1) is 21.8. The first-order chi connectivity index (χ1) is 15.3. The quantitative estimate of drug-likeness (QED) is 0.407. The summed E-state index contributed by atoms with van der Waals surface area (Å²) in [7, 11) is -0.625. The van der Waals surface area contributed by atoms with Gasteiger partial charge in [0.25, 0.3) is 10.0 Å². The number of methoxy groups -OCH3 is 1. The topological polar surface area (TPSA) is 85.2 Å². The molecule has 9 heteroatoms. The lowest BCUT2D eigenvalue weighted by Crippen LogP contribution is -2.12. The lowest BCUT2D eigenvalue weighted by Gasteiger charge is -2.11. The molecule has 0 saturated carbocycles. The van der Waals surface area contributed by atoms with Gasteiger partial charge in [-0.15, -0.1) is 0 Å². The van der Waals surface area contributed by atoms with Crippen molar-refractivity contribution in [2.24, 2.45) is 0 Å². The maximum absolute atomic E-state index is 14.2. The number of aryl methyl sites for hydroxylation is 1. The Bertz CT molecular complexity index is 1400. The van der Waals surface area contributed by atoms with Gasteiger partial charge in [-0.25, -0.2) is 17.4 Å². The highest BCUT2D eigenvalue weighted by Gasteiger charge is 2.22. The molecule has 7 nitrogen and oxygen atoms in total. The summed E-state index contributed by atoms with van der Waals surface area (Å²) in [4.78, 5) is 3.93. The minimum atomic E-state index is -3.90. The lowest BCUT2D eigenvalue weighted by molar-refractivity contribution is 0.413. The fraction of sp³-hybridized carbons (Fsp3) is 0.174. The molecule has 166 valence electrons. The Hall–Kier alpha value is -3.43. The molecule has 0 bridgehead atoms. The van der Waals surface area contributed by atoms with E-state index in [0.717, 1.165) is 10.9 Å². The number of nitrogens with zero attached hydrogens (tertiary/aromatic N) is 2. The molecule has 0 unspecified atom stereocenters. The zero-order chi connectivity index (χ0) is 22.9. The van der Waals surface area contributed by atoms with Crippen molar-refractivity contribution in [2.45, 2.75) is 18.4 Å². The smallest absolute Gasteiger partial charge is 0.268 e. The van der Waals surface area contributed by atoms with Crippen molar-refractivity contribution in [1.29, 1.82) is 0 Å². The lowest BCUT2D eigenvalue weighted by atomic mass is 10.1. The van der Waals surface area contributed by atoms with Crippen molar-refractivity contribution in [3.63, 3.8) is 0 Å². The summed E-state index contributed by atoms with van der Waals surface area (Å²) in [6.07, 6.45) is 1.60. The highest BCUT2D eigenvalue weighted by atomic mass is 32.2. The summed E-state index contributed by atoms with van der Waals surface area (Å²) in [5.74, 6) is -0.178. The predicted molar refractivity (Wildman–Crippen MR) is 122 cm³/mol. The van der Waals surface area contributed by atoms with Crippen molar-refractivity contribution in [3.8, 4) is 5.75 Å². The Kier molecular flexibility index (Phi) is 5.86. The summed E-state index contributed by atoms with van der Waals surface area (Å²) in [5.41, 5.74) is 2.61. The van der Waals surface area contributed by atoms with Crippen LogP contribution in [-0.2, 0) is 16.6 Å². The Balaban J connectivity index is 1.85. The first-order valence-corrected chi connectivity index (χ1v) is 11.4. The van der Waals surface area contributed by atoms with Gasteiger partial charge in [0.05, 0.1) is 23.2 Å². The third kappa shape index (κ3) is 4.04. The standard InChI is InChI=1S/C23H23FN4O3S/c1-15-7-10-21(23(24)26-15)27-17-8-9-20-16(13-25-2)14-28(22(20)11-17)32(29,30)19-6-4-5-18(12-19)31-3/h4-12,14,25,27H,13H2,1-3H3. The number of halogens is 1. The van der Waals surface area contributed by atoms with Gasteiger partial charge in [0, 0.05) is 35.6 Å². The number of hydrogen-bond acceptors (Lipinski definition) is 6. The van der Waals surface area contributed by atoms with Crippen LogP contribution in [0.1, 0.15) is 11.3 Å². The molecule has 2 aromatic heterocycles. The molecular formula is C23H23FN4O3S. The number of benzene rings is 2. The van der Waals surface area contributed by atoms with E-state index in [1.54, 1.807) is 56.6 Å². The zero-order valence-corrected chi connectivity index (χ0v) is 18.7. The average Bonchev–Trinajstić information content (AvgIpc) is 3.14. The minimum absolute atomic E-state index is 0.108. The molecule has 0 saturated heterocycles. The van der Waals surface area contributed by atoms with E-state index < -0.39 is 16.0 Å². The van der Waals surface area contributed by atoms with Gasteiger partial charge < -0.3 is 15.4 Å². The van der Waals surface area contributed by atoms with Crippen LogP contribution in [0.15, 0.2) is 65.7 Å². The third-order valence-electron chi connectivity index (χ3n) is 5.09. The summed E-state index contributed by atoms with van der Waals surface area (Å²) in [6.45, 7) is 2.19. The zero-order valence-electron chi connectivity index (χ0n) is 17.9. The molecule has 0 atom stereocenters. The molecule has 4 rings (SSSR count). The highest BCUT2D eigenvalue weighted by Crippen LogP contribution is 2.31. The number of aromatic nitrogens is 2. The van der Waals surface area contributed by atoms with Crippen LogP contribution >= 0.6 is 0 Å². The van der Waals surface area contributed by atoms with Crippen LogP contribution in [0.5, 0.6) is 5.75 Å². The normalized spacial score (nSPS) is 11.6. The molecule has 4 aromatic rings. The minimum Gasteiger partial charge on any atom is -0.497 e. The van der Waals surface area contributed by atoms with Crippen LogP contribution in [0.3, 0.4) is 0 Å². The third-order valence-corrected chi connectivity index (χ3v) is 6.76. The number of pyridine rings is 1. The Morgan fingerprint density at radius 3 is 2.66 bits per heavy atom. The van der Waals surface area contributed by atoms with Gasteiger partial charge >= 0.3 is 0 Å². The summed E-state index contributed by atoms with van der Waals surface area (Å²) >= 11 is 0. The molecule has 2 heterocycles. The second-order valence-corrected chi connectivity index (χ2v) is 9.13. The Morgan fingerprint density at radius 2 is 1.94 bits per heavy atom. The van der Waals surface area contributed by atoms with E-state index in [4.69, 9.17) is 4.74 Å². The average molecular weight is 455 g/mol. The van der Waals surface area contributed by atoms with E-state index in [1.807, 2.05) is 6.07 Å². The number of nitrogens with one attached hydrogen (secondary N) is 2. The molecule has 0 amide bonds. The van der Waals surface area contributed by atoms with Gasteiger partial charge in [0.2, 0.25) is 5.95 Å². The predicted octanol–water partition coefficient (Wildman–Crippen LogP) is 4.19. The van der Waals surface area contributed by atoms with Gasteiger partial charge in [-0.2, -0.15) is 4.39 Å². The van der Waals surface area contributed by atoms with E-state index in [1.165, 1.54) is 23.2 Å². The van der Waals surface area contributed by atoms with Crippen molar-refractivity contribution in [3.05, 3.63) is 78.0 Å². The second-order valence-electron chi connectivity index (χ2n) is 7.31. The largest absolute Gasteiger partial charge is 0.497 e. The molecule has 2 N–H and O–H groups in total. The fourth-order valence-electron chi connectivity index (χ4n) is 3.52. The molecule has 0 spiro atoms. The highest BCUT2D eigenvalue weighted by molar-refractivity contribution is 7.90. The molecule has 0 aliphatic heterocycles. The molecule has 0 fully saturated rings. The molecule has 0 aliphatic carbocycles. The van der Waals surface area contributed by atoms with E-state index in [2.05, 4.69) is 15.6 Å². The SMILES string of the molecule is CNCc1cn(S(=O)(=O)c2cccc(OC)c2)c2cc(Nc3ccc(C)nc3F)ccc12. The van der Waals surface area contributed by atoms with Crippen molar-refractivity contribution in [1.82, 2.24) is 14.3 Å². The van der Waals surface area contributed by atoms with Crippen molar-refractivity contribution >= 4 is 32.3 Å². The summed E-state index contributed by atoms with van der Waals surface area (Å²) in [6, 6.07) is 14.9. The van der Waals surface area contributed by atoms with Crippen molar-refractivity contribution in [2.75, 3.05) is 19.5 Å². The van der Waals surface area contributed by atoms with Gasteiger partial charge in [-0.05, 0) is 55.9 Å². The maximum atomic E-state index is 14.2. The monoisotopic (exact) mass is 454 g/mol. The Morgan fingerprint density at radius 1 is 1.12 bits per heavy atom. The maximum Gasteiger partial charge on any atom is 0.268 e. The van der Waals surface area contributed by atoms with E-state index in [0.29, 0.717) is 29.2 Å². The van der Waals surface area contributed by atoms with Crippen molar-refractivity contribution < 1.29 is 17.5 Å². The van der Waals surface area contributed by atoms with E-state index in [-0.39, 0.29) is 10.6 Å². The number of ether oxygens (including phenoxy) is 1. The van der Waals surface area contributed by atoms with Crippen LogP contribution in [0.25, 0.3) is 10.9 Å². The van der Waals surface area contributed by atoms with Crippen LogP contribution in [0.2, 0.25) is 0 Å². The Labute approximate surface area is 185 Å². The van der Waals surface area contributed by atoms with E-state index in [9.17, 15) is 12.8 Å². The first-order valence-electron chi connectivity index (χ1n) is 9.92. The van der Waals surface area contributed by atoms with E-state index >= 15 is 0 Å². The van der Waals surface area contributed by atoms with Crippen LogP contribution < -0.4 is 15.4 Å². The number of hydrogen-bond donors (Lipinski definition) is 2. The van der Waals surface area contributed by atoms with Gasteiger partial charge in [0.1, 0.15) is 5.75 Å². The van der Waals surface area contributed by atoms with Gasteiger partial charge in [-0.3, -0.25) is 0 Å². The van der Waals surface area contributed by atoms with Gasteiger partial charge in [0.15, 0.2) is 0 Å². The molecule has 32 heavy (non-hydrogen) atoms. The molecular weight excluding hydrogens is 431 g/mol.